The van der Waals surface area contributed by atoms with Crippen molar-refractivity contribution in [3.63, 3.8) is 0 Å². The summed E-state index contributed by atoms with van der Waals surface area (Å²) in [5.74, 6) is 0.0878. The van der Waals surface area contributed by atoms with Gasteiger partial charge in [0.25, 0.3) is 5.91 Å². The van der Waals surface area contributed by atoms with E-state index in [1.165, 1.54) is 0 Å². The van der Waals surface area contributed by atoms with Crippen LogP contribution in [0.25, 0.3) is 10.8 Å². The van der Waals surface area contributed by atoms with Crippen molar-refractivity contribution in [2.24, 2.45) is 0 Å². The molecule has 0 aromatic heterocycles. The van der Waals surface area contributed by atoms with Crippen molar-refractivity contribution in [2.45, 2.75) is 45.3 Å². The standard InChI is InChI=1S/C32H32BrClN2O3/c1-3-22(2)35-32(38)28(19-23-9-5-4-6-10-23)36(20-24-13-16-26(34)17-14-24)30(37)21-39-29-18-15-25-11-7-8-12-27(25)31(29)33/h4-18,22,28H,3,19-21H2,1-2H3,(H,35,38)/t22-,28+/m0/s1. The maximum Gasteiger partial charge on any atom is 0.261 e. The number of nitrogens with zero attached hydrogens (tertiary/aromatic N) is 1. The summed E-state index contributed by atoms with van der Waals surface area (Å²) in [5, 5.41) is 5.75. The largest absolute Gasteiger partial charge is 0.483 e. The number of carbonyl (C=O) groups is 2. The van der Waals surface area contributed by atoms with Crippen LogP contribution >= 0.6 is 27.5 Å². The van der Waals surface area contributed by atoms with E-state index in [9.17, 15) is 9.59 Å². The Morgan fingerprint density at radius 2 is 1.62 bits per heavy atom. The van der Waals surface area contributed by atoms with Gasteiger partial charge in [0, 0.05) is 24.0 Å². The maximum atomic E-state index is 13.8. The average molecular weight is 608 g/mol. The van der Waals surface area contributed by atoms with E-state index in [4.69, 9.17) is 16.3 Å². The Hall–Kier alpha value is -3.35. The van der Waals surface area contributed by atoms with Gasteiger partial charge in [0.1, 0.15) is 11.8 Å². The molecule has 0 aliphatic heterocycles. The van der Waals surface area contributed by atoms with Gasteiger partial charge in [0.2, 0.25) is 5.91 Å². The lowest BCUT2D eigenvalue weighted by Gasteiger charge is -2.32. The van der Waals surface area contributed by atoms with Gasteiger partial charge in [-0.15, -0.1) is 0 Å². The number of amides is 2. The van der Waals surface area contributed by atoms with Gasteiger partial charge in [0.05, 0.1) is 4.47 Å². The van der Waals surface area contributed by atoms with Crippen molar-refractivity contribution in [1.29, 1.82) is 0 Å². The van der Waals surface area contributed by atoms with Gasteiger partial charge >= 0.3 is 0 Å². The lowest BCUT2D eigenvalue weighted by atomic mass is 10.0. The molecular weight excluding hydrogens is 576 g/mol. The first-order valence-electron chi connectivity index (χ1n) is 13.0. The number of benzene rings is 4. The van der Waals surface area contributed by atoms with E-state index in [0.29, 0.717) is 17.2 Å². The minimum Gasteiger partial charge on any atom is -0.483 e. The van der Waals surface area contributed by atoms with Gasteiger partial charge in [-0.25, -0.2) is 0 Å². The molecule has 7 heteroatoms. The number of nitrogens with one attached hydrogen (secondary N) is 1. The molecule has 0 unspecified atom stereocenters. The summed E-state index contributed by atoms with van der Waals surface area (Å²) in [7, 11) is 0. The fourth-order valence-corrected chi connectivity index (χ4v) is 5.06. The molecule has 2 amide bonds. The van der Waals surface area contributed by atoms with E-state index in [0.717, 1.165) is 32.8 Å². The highest BCUT2D eigenvalue weighted by atomic mass is 79.9. The summed E-state index contributed by atoms with van der Waals surface area (Å²) in [5.41, 5.74) is 1.84. The third-order valence-corrected chi connectivity index (χ3v) is 7.79. The molecular formula is C32H32BrClN2O3. The van der Waals surface area contributed by atoms with Crippen LogP contribution in [0.3, 0.4) is 0 Å². The number of hydrogen-bond donors (Lipinski definition) is 1. The predicted octanol–water partition coefficient (Wildman–Crippen LogP) is 7.19. The minimum absolute atomic E-state index is 0.0203. The smallest absolute Gasteiger partial charge is 0.261 e. The van der Waals surface area contributed by atoms with Crippen LogP contribution in [0, 0.1) is 0 Å². The summed E-state index contributed by atoms with van der Waals surface area (Å²) in [6.45, 7) is 4.00. The first kappa shape index (κ1) is 28.7. The van der Waals surface area contributed by atoms with Crippen LogP contribution in [-0.4, -0.2) is 35.4 Å². The van der Waals surface area contributed by atoms with Gasteiger partial charge < -0.3 is 15.0 Å². The van der Waals surface area contributed by atoms with E-state index in [2.05, 4.69) is 21.2 Å². The highest BCUT2D eigenvalue weighted by Crippen LogP contribution is 2.33. The normalized spacial score (nSPS) is 12.5. The molecule has 0 heterocycles. The molecule has 0 fully saturated rings. The number of hydrogen-bond acceptors (Lipinski definition) is 3. The molecule has 5 nitrogen and oxygen atoms in total. The van der Waals surface area contributed by atoms with E-state index >= 15 is 0 Å². The lowest BCUT2D eigenvalue weighted by Crippen LogP contribution is -2.53. The molecule has 4 aromatic carbocycles. The van der Waals surface area contributed by atoms with E-state index < -0.39 is 6.04 Å². The molecule has 0 saturated heterocycles. The van der Waals surface area contributed by atoms with Gasteiger partial charge in [0.15, 0.2) is 6.61 Å². The molecule has 0 saturated carbocycles. The second kappa shape index (κ2) is 13.6. The van der Waals surface area contributed by atoms with Crippen LogP contribution in [0.1, 0.15) is 31.4 Å². The molecule has 4 rings (SSSR count). The van der Waals surface area contributed by atoms with E-state index in [1.54, 1.807) is 17.0 Å². The second-order valence-corrected chi connectivity index (χ2v) is 10.8. The van der Waals surface area contributed by atoms with Crippen LogP contribution in [0.5, 0.6) is 5.75 Å². The Balaban J connectivity index is 1.64. The second-order valence-electron chi connectivity index (χ2n) is 9.56. The lowest BCUT2D eigenvalue weighted by molar-refractivity contribution is -0.143. The van der Waals surface area contributed by atoms with Gasteiger partial charge in [-0.2, -0.15) is 0 Å². The Kier molecular flexibility index (Phi) is 10.0. The van der Waals surface area contributed by atoms with Gasteiger partial charge in [-0.1, -0.05) is 91.3 Å². The fraction of sp³-hybridized carbons (Fsp3) is 0.250. The summed E-state index contributed by atoms with van der Waals surface area (Å²) >= 11 is 9.74. The fourth-order valence-electron chi connectivity index (χ4n) is 4.33. The van der Waals surface area contributed by atoms with Crippen LogP contribution in [0.2, 0.25) is 5.02 Å². The van der Waals surface area contributed by atoms with Crippen LogP contribution < -0.4 is 10.1 Å². The Bertz CT molecular complexity index is 1410. The van der Waals surface area contributed by atoms with Crippen molar-refractivity contribution >= 4 is 50.1 Å². The van der Waals surface area contributed by atoms with Crippen LogP contribution in [0.15, 0.2) is 95.5 Å². The third-order valence-electron chi connectivity index (χ3n) is 6.72. The topological polar surface area (TPSA) is 58.6 Å². The van der Waals surface area contributed by atoms with Crippen molar-refractivity contribution < 1.29 is 14.3 Å². The molecule has 39 heavy (non-hydrogen) atoms. The van der Waals surface area contributed by atoms with E-state index in [1.807, 2.05) is 92.7 Å². The molecule has 0 bridgehead atoms. The van der Waals surface area contributed by atoms with E-state index in [-0.39, 0.29) is 31.0 Å². The molecule has 0 radical (unpaired) electrons. The molecule has 202 valence electrons. The molecule has 0 aliphatic carbocycles. The van der Waals surface area contributed by atoms with Crippen molar-refractivity contribution in [2.75, 3.05) is 6.61 Å². The molecule has 1 N–H and O–H groups in total. The first-order chi connectivity index (χ1) is 18.9. The minimum atomic E-state index is -0.728. The van der Waals surface area contributed by atoms with Crippen molar-refractivity contribution in [3.8, 4) is 5.75 Å². The summed E-state index contributed by atoms with van der Waals surface area (Å²) in [6, 6.07) is 28.1. The number of carbonyl (C=O) groups excluding carboxylic acids is 2. The van der Waals surface area contributed by atoms with Crippen LogP contribution in [0.4, 0.5) is 0 Å². The highest BCUT2D eigenvalue weighted by Gasteiger charge is 2.31. The number of fused-ring (bicyclic) bond motifs is 1. The van der Waals surface area contributed by atoms with Gasteiger partial charge in [-0.3, -0.25) is 9.59 Å². The first-order valence-corrected chi connectivity index (χ1v) is 14.2. The quantitative estimate of drug-likeness (QED) is 0.196. The van der Waals surface area contributed by atoms with Crippen molar-refractivity contribution in [1.82, 2.24) is 10.2 Å². The molecule has 2 atom stereocenters. The number of rotatable bonds is 11. The number of halogens is 2. The summed E-state index contributed by atoms with van der Waals surface area (Å²) < 4.78 is 6.82. The third kappa shape index (κ3) is 7.61. The average Bonchev–Trinajstić information content (AvgIpc) is 2.96. The summed E-state index contributed by atoms with van der Waals surface area (Å²) in [6.07, 6.45) is 1.16. The maximum absolute atomic E-state index is 13.8. The highest BCUT2D eigenvalue weighted by molar-refractivity contribution is 9.10. The zero-order chi connectivity index (χ0) is 27.8. The molecule has 0 spiro atoms. The Morgan fingerprint density at radius 3 is 2.33 bits per heavy atom. The number of ether oxygens (including phenoxy) is 1. The zero-order valence-corrected chi connectivity index (χ0v) is 24.4. The molecule has 4 aromatic rings. The zero-order valence-electron chi connectivity index (χ0n) is 22.1. The SMILES string of the molecule is CC[C@H](C)NC(=O)[C@@H](Cc1ccccc1)N(Cc1ccc(Cl)cc1)C(=O)COc1ccc2ccccc2c1Br. The Labute approximate surface area is 243 Å². The van der Waals surface area contributed by atoms with Crippen molar-refractivity contribution in [3.05, 3.63) is 112 Å². The predicted molar refractivity (Wildman–Crippen MR) is 161 cm³/mol. The van der Waals surface area contributed by atoms with Crippen LogP contribution in [-0.2, 0) is 22.6 Å². The molecule has 0 aliphatic rings. The summed E-state index contributed by atoms with van der Waals surface area (Å²) in [4.78, 5) is 29.1. The monoisotopic (exact) mass is 606 g/mol. The van der Waals surface area contributed by atoms with Gasteiger partial charge in [-0.05, 0) is 69.4 Å². The Morgan fingerprint density at radius 1 is 0.923 bits per heavy atom.